The Morgan fingerprint density at radius 2 is 0.926 bits per heavy atom. The predicted molar refractivity (Wildman–Crippen MR) is 228 cm³/mol. The van der Waals surface area contributed by atoms with Gasteiger partial charge < -0.3 is 14.5 Å². The van der Waals surface area contributed by atoms with E-state index in [-0.39, 0.29) is 6.71 Å². The molecule has 4 heterocycles. The molecule has 0 amide bonds. The Morgan fingerprint density at radius 1 is 0.407 bits per heavy atom. The molecule has 54 heavy (non-hydrogen) atoms. The van der Waals surface area contributed by atoms with Crippen molar-refractivity contribution in [2.75, 3.05) is 9.80 Å². The second kappa shape index (κ2) is 11.4. The average molecular weight is 723 g/mol. The Morgan fingerprint density at radius 3 is 1.56 bits per heavy atom. The summed E-state index contributed by atoms with van der Waals surface area (Å²) >= 11 is 1.86. The van der Waals surface area contributed by atoms with Gasteiger partial charge in [-0.15, -0.1) is 0 Å². The number of ether oxygens (including phenoxy) is 1. The summed E-state index contributed by atoms with van der Waals surface area (Å²) in [4.78, 5) is 7.56. The molecule has 0 radical (unpaired) electrons. The van der Waals surface area contributed by atoms with Crippen molar-refractivity contribution < 1.29 is 4.74 Å². The summed E-state index contributed by atoms with van der Waals surface area (Å²) in [6, 6.07) is 69.8. The summed E-state index contributed by atoms with van der Waals surface area (Å²) in [5, 5.41) is 5.66. The summed E-state index contributed by atoms with van der Waals surface area (Å²) in [5.41, 5.74) is 11.2. The van der Waals surface area contributed by atoms with Gasteiger partial charge in [0.1, 0.15) is 11.5 Å². The van der Waals surface area contributed by atoms with Crippen LogP contribution in [0, 0.1) is 0 Å². The standard InChI is InChI=1S/C48H31BN2OSSi/c1-2-15-32(16-3-1)50-36-18-5-10-25-44(36)54(45-26-11-6-19-37(45)50)46-27-12-7-20-38(46)51(39-21-8-13-28-47(39)54)33-29-30-35-43(31-33)53-42-24-14-23-41-48(42)49(35)34-17-4-9-22-40(34)52-41/h1-31H. The van der Waals surface area contributed by atoms with Gasteiger partial charge in [-0.2, -0.15) is 0 Å². The van der Waals surface area contributed by atoms with Gasteiger partial charge in [0.15, 0.2) is 8.07 Å². The van der Waals surface area contributed by atoms with Crippen molar-refractivity contribution >= 4 is 97.8 Å². The highest BCUT2D eigenvalue weighted by molar-refractivity contribution is 8.00. The molecule has 4 aliphatic heterocycles. The third kappa shape index (κ3) is 3.99. The summed E-state index contributed by atoms with van der Waals surface area (Å²) < 4.78 is 6.45. The van der Waals surface area contributed by atoms with Crippen LogP contribution in [0.25, 0.3) is 0 Å². The molecule has 4 aliphatic rings. The molecule has 0 N–H and O–H groups in total. The minimum Gasteiger partial charge on any atom is -0.458 e. The minimum atomic E-state index is -2.84. The van der Waals surface area contributed by atoms with Crippen LogP contribution in [-0.2, 0) is 0 Å². The zero-order valence-corrected chi connectivity index (χ0v) is 31.0. The Bertz CT molecular complexity index is 2750. The molecule has 0 atom stereocenters. The molecule has 8 aromatic carbocycles. The van der Waals surface area contributed by atoms with Crippen LogP contribution in [0.4, 0.5) is 34.1 Å². The number of hydrogen-bond donors (Lipinski definition) is 0. The van der Waals surface area contributed by atoms with Crippen LogP contribution in [0.5, 0.6) is 11.5 Å². The maximum Gasteiger partial charge on any atom is 0.253 e. The largest absolute Gasteiger partial charge is 0.458 e. The molecule has 0 saturated heterocycles. The lowest BCUT2D eigenvalue weighted by Crippen LogP contribution is -2.79. The SMILES string of the molecule is c1ccc(N2c3ccccc3[Si]3(c4ccccc42)c2ccccc2N(c2ccc4c(c2)Sc2cccc5c2B4c2ccccc2O5)c2ccccc23)cc1. The number of hydrogen-bond acceptors (Lipinski definition) is 4. The van der Waals surface area contributed by atoms with E-state index in [9.17, 15) is 0 Å². The van der Waals surface area contributed by atoms with E-state index in [1.807, 2.05) is 11.8 Å². The van der Waals surface area contributed by atoms with E-state index in [1.165, 1.54) is 81.1 Å². The number of nitrogens with zero attached hydrogens (tertiary/aromatic N) is 2. The molecule has 1 spiro atoms. The molecule has 6 heteroatoms. The molecule has 0 aliphatic carbocycles. The fourth-order valence-electron chi connectivity index (χ4n) is 9.71. The molecule has 0 bridgehead atoms. The van der Waals surface area contributed by atoms with Crippen molar-refractivity contribution in [1.82, 2.24) is 0 Å². The van der Waals surface area contributed by atoms with Crippen LogP contribution in [-0.4, -0.2) is 14.8 Å². The summed E-state index contributed by atoms with van der Waals surface area (Å²) in [5.74, 6) is 1.91. The first kappa shape index (κ1) is 30.3. The molecular weight excluding hydrogens is 692 g/mol. The molecular formula is C48H31BN2OSSi. The first-order valence-electron chi connectivity index (χ1n) is 18.6. The van der Waals surface area contributed by atoms with Crippen LogP contribution >= 0.6 is 11.8 Å². The Balaban J connectivity index is 1.09. The van der Waals surface area contributed by atoms with Gasteiger partial charge in [0, 0.05) is 43.9 Å². The lowest BCUT2D eigenvalue weighted by atomic mass is 9.35. The second-order valence-corrected chi connectivity index (χ2v) is 19.1. The maximum atomic E-state index is 6.45. The third-order valence-corrected chi connectivity index (χ3v) is 17.8. The molecule has 3 nitrogen and oxygen atoms in total. The Kier molecular flexibility index (Phi) is 6.39. The topological polar surface area (TPSA) is 15.7 Å². The highest BCUT2D eigenvalue weighted by Crippen LogP contribution is 2.45. The van der Waals surface area contributed by atoms with Crippen molar-refractivity contribution in [3.05, 3.63) is 188 Å². The van der Waals surface area contributed by atoms with Crippen molar-refractivity contribution in [2.45, 2.75) is 9.79 Å². The first-order chi connectivity index (χ1) is 26.8. The summed E-state index contributed by atoms with van der Waals surface area (Å²) in [6.07, 6.45) is 0. The van der Waals surface area contributed by atoms with E-state index in [1.54, 1.807) is 0 Å². The predicted octanol–water partition coefficient (Wildman–Crippen LogP) is 7.72. The smallest absolute Gasteiger partial charge is 0.253 e. The zero-order valence-electron chi connectivity index (χ0n) is 29.2. The van der Waals surface area contributed by atoms with Gasteiger partial charge in [0.2, 0.25) is 0 Å². The fraction of sp³-hybridized carbons (Fsp3) is 0. The van der Waals surface area contributed by atoms with Gasteiger partial charge in [-0.25, -0.2) is 0 Å². The molecule has 0 unspecified atom stereocenters. The van der Waals surface area contributed by atoms with Crippen molar-refractivity contribution in [1.29, 1.82) is 0 Å². The maximum absolute atomic E-state index is 6.45. The number of anilines is 6. The van der Waals surface area contributed by atoms with E-state index < -0.39 is 8.07 Å². The van der Waals surface area contributed by atoms with Crippen molar-refractivity contribution in [2.24, 2.45) is 0 Å². The van der Waals surface area contributed by atoms with Crippen LogP contribution in [0.15, 0.2) is 198 Å². The van der Waals surface area contributed by atoms with Crippen LogP contribution in [0.2, 0.25) is 0 Å². The lowest BCUT2D eigenvalue weighted by Gasteiger charge is -2.50. The fourth-order valence-corrected chi connectivity index (χ4v) is 16.3. The molecule has 252 valence electrons. The number of benzene rings is 8. The van der Waals surface area contributed by atoms with E-state index in [4.69, 9.17) is 4.74 Å². The van der Waals surface area contributed by atoms with Crippen LogP contribution in [0.1, 0.15) is 0 Å². The normalized spacial score (nSPS) is 14.8. The minimum absolute atomic E-state index is 0.130. The Hall–Kier alpha value is -6.21. The average Bonchev–Trinajstić information content (AvgIpc) is 3.24. The van der Waals surface area contributed by atoms with Gasteiger partial charge >= 0.3 is 0 Å². The van der Waals surface area contributed by atoms with E-state index in [2.05, 4.69) is 198 Å². The summed E-state index contributed by atoms with van der Waals surface area (Å²) in [6.45, 7) is 0.130. The Labute approximate surface area is 320 Å². The van der Waals surface area contributed by atoms with E-state index >= 15 is 0 Å². The molecule has 8 aromatic rings. The van der Waals surface area contributed by atoms with Gasteiger partial charge in [-0.1, -0.05) is 139 Å². The zero-order chi connectivity index (χ0) is 35.4. The molecule has 12 rings (SSSR count). The first-order valence-corrected chi connectivity index (χ1v) is 21.4. The highest BCUT2D eigenvalue weighted by atomic mass is 32.2. The number of rotatable bonds is 2. The molecule has 0 saturated carbocycles. The quantitative estimate of drug-likeness (QED) is 0.170. The van der Waals surface area contributed by atoms with E-state index in [0.29, 0.717) is 0 Å². The van der Waals surface area contributed by atoms with E-state index in [0.717, 1.165) is 11.5 Å². The lowest BCUT2D eigenvalue weighted by molar-refractivity contribution is 0.486. The van der Waals surface area contributed by atoms with Gasteiger partial charge in [0.25, 0.3) is 6.71 Å². The van der Waals surface area contributed by atoms with Gasteiger partial charge in [0.05, 0.1) is 0 Å². The van der Waals surface area contributed by atoms with Crippen LogP contribution in [0.3, 0.4) is 0 Å². The van der Waals surface area contributed by atoms with Gasteiger partial charge in [-0.3, -0.25) is 0 Å². The molecule has 0 aromatic heterocycles. The number of para-hydroxylation sites is 6. The second-order valence-electron chi connectivity index (χ2n) is 14.4. The highest BCUT2D eigenvalue weighted by Gasteiger charge is 2.54. The van der Waals surface area contributed by atoms with Gasteiger partial charge in [-0.05, 0) is 98.4 Å². The number of fused-ring (bicyclic) bond motifs is 12. The van der Waals surface area contributed by atoms with Crippen molar-refractivity contribution in [3.8, 4) is 11.5 Å². The summed E-state index contributed by atoms with van der Waals surface area (Å²) in [7, 11) is -2.84. The molecule has 0 fully saturated rings. The third-order valence-electron chi connectivity index (χ3n) is 11.8. The monoisotopic (exact) mass is 722 g/mol. The van der Waals surface area contributed by atoms with Crippen molar-refractivity contribution in [3.63, 3.8) is 0 Å². The van der Waals surface area contributed by atoms with Crippen LogP contribution < -0.4 is 51.7 Å².